The van der Waals surface area contributed by atoms with Gasteiger partial charge in [-0.2, -0.15) is 9.78 Å². The summed E-state index contributed by atoms with van der Waals surface area (Å²) < 4.78 is 8.63. The highest BCUT2D eigenvalue weighted by Crippen LogP contribution is 2.28. The molecule has 1 heterocycles. The summed E-state index contributed by atoms with van der Waals surface area (Å²) in [6, 6.07) is 17.3. The third kappa shape index (κ3) is 5.66. The number of hydrogen-bond acceptors (Lipinski definition) is 6. The molecule has 4 aromatic rings. The Hall–Kier alpha value is -3.37. The van der Waals surface area contributed by atoms with E-state index in [2.05, 4.69) is 41.9 Å². The van der Waals surface area contributed by atoms with Crippen LogP contribution in [-0.2, 0) is 6.61 Å². The minimum Gasteiger partial charge on any atom is -0.482 e. The van der Waals surface area contributed by atoms with E-state index >= 15 is 0 Å². The van der Waals surface area contributed by atoms with Crippen molar-refractivity contribution in [2.24, 2.45) is 5.10 Å². The third-order valence-electron chi connectivity index (χ3n) is 5.16. The van der Waals surface area contributed by atoms with Gasteiger partial charge < -0.3 is 4.74 Å². The van der Waals surface area contributed by atoms with Gasteiger partial charge in [0, 0.05) is 26.5 Å². The molecule has 1 aromatic heterocycles. The van der Waals surface area contributed by atoms with Crippen LogP contribution in [-0.4, -0.2) is 20.8 Å². The van der Waals surface area contributed by atoms with Crippen LogP contribution in [0.2, 0.25) is 0 Å². The zero-order chi connectivity index (χ0) is 25.1. The molecule has 178 valence electrons. The second-order valence-corrected chi connectivity index (χ2v) is 9.88. The van der Waals surface area contributed by atoms with Crippen molar-refractivity contribution < 1.29 is 9.66 Å². The molecular formula is C25H20Br2N4O4. The SMILES string of the molecule is CC(C)c1nc2ccc(Br)cc2c(=O)n1N=Cc1ccc(OCc2ccc(Br)cc2)c([N+](=O)[O-])c1. The number of fused-ring (bicyclic) bond motifs is 1. The standard InChI is InChI=1S/C25H20Br2N4O4/c1-15(2)24-29-21-9-8-19(27)12-20(21)25(32)30(24)28-13-17-5-10-23(22(11-17)31(33)34)35-14-16-3-6-18(26)7-4-16/h3-13,15H,14H2,1-2H3. The molecule has 0 bridgehead atoms. The van der Waals surface area contributed by atoms with Crippen molar-refractivity contribution in [3.05, 3.63) is 107 Å². The fourth-order valence-electron chi connectivity index (χ4n) is 3.40. The van der Waals surface area contributed by atoms with Gasteiger partial charge in [-0.1, -0.05) is 57.8 Å². The molecule has 0 unspecified atom stereocenters. The van der Waals surface area contributed by atoms with Crippen LogP contribution < -0.4 is 10.3 Å². The first-order valence-electron chi connectivity index (χ1n) is 10.6. The lowest BCUT2D eigenvalue weighted by molar-refractivity contribution is -0.385. The Morgan fingerprint density at radius 3 is 2.49 bits per heavy atom. The number of ether oxygens (including phenoxy) is 1. The molecule has 3 aromatic carbocycles. The summed E-state index contributed by atoms with van der Waals surface area (Å²) in [4.78, 5) is 28.9. The van der Waals surface area contributed by atoms with Crippen LogP contribution in [0.5, 0.6) is 5.75 Å². The fourth-order valence-corrected chi connectivity index (χ4v) is 4.02. The predicted octanol–water partition coefficient (Wildman–Crippen LogP) is 6.41. The van der Waals surface area contributed by atoms with Crippen molar-refractivity contribution in [1.29, 1.82) is 0 Å². The zero-order valence-electron chi connectivity index (χ0n) is 18.8. The second-order valence-electron chi connectivity index (χ2n) is 8.05. The maximum Gasteiger partial charge on any atom is 0.311 e. The number of halogens is 2. The van der Waals surface area contributed by atoms with E-state index in [1.54, 1.807) is 18.2 Å². The Morgan fingerprint density at radius 2 is 1.80 bits per heavy atom. The summed E-state index contributed by atoms with van der Waals surface area (Å²) in [6.07, 6.45) is 1.41. The maximum atomic E-state index is 13.2. The summed E-state index contributed by atoms with van der Waals surface area (Å²) >= 11 is 6.75. The summed E-state index contributed by atoms with van der Waals surface area (Å²) in [6.45, 7) is 4.02. The Labute approximate surface area is 217 Å². The topological polar surface area (TPSA) is 99.6 Å². The van der Waals surface area contributed by atoms with E-state index in [4.69, 9.17) is 4.74 Å². The van der Waals surface area contributed by atoms with E-state index in [1.165, 1.54) is 23.0 Å². The number of nitro benzene ring substituents is 1. The molecule has 0 fully saturated rings. The fraction of sp³-hybridized carbons (Fsp3) is 0.160. The van der Waals surface area contributed by atoms with E-state index in [-0.39, 0.29) is 29.5 Å². The molecule has 0 spiro atoms. The lowest BCUT2D eigenvalue weighted by atomic mass is 10.2. The van der Waals surface area contributed by atoms with Gasteiger partial charge in [0.1, 0.15) is 12.4 Å². The molecule has 0 saturated heterocycles. The second kappa shape index (κ2) is 10.5. The Morgan fingerprint density at radius 1 is 1.09 bits per heavy atom. The molecule has 0 N–H and O–H groups in total. The van der Waals surface area contributed by atoms with Gasteiger partial charge >= 0.3 is 5.69 Å². The first-order valence-corrected chi connectivity index (χ1v) is 12.2. The average molecular weight is 600 g/mol. The van der Waals surface area contributed by atoms with Crippen LogP contribution in [0.25, 0.3) is 10.9 Å². The average Bonchev–Trinajstić information content (AvgIpc) is 2.83. The van der Waals surface area contributed by atoms with Crippen molar-refractivity contribution >= 4 is 54.7 Å². The van der Waals surface area contributed by atoms with Crippen molar-refractivity contribution in [3.63, 3.8) is 0 Å². The van der Waals surface area contributed by atoms with Crippen molar-refractivity contribution in [2.45, 2.75) is 26.4 Å². The molecule has 0 amide bonds. The number of hydrogen-bond donors (Lipinski definition) is 0. The minimum absolute atomic E-state index is 0.0726. The van der Waals surface area contributed by atoms with E-state index in [0.717, 1.165) is 14.5 Å². The van der Waals surface area contributed by atoms with Gasteiger partial charge in [0.15, 0.2) is 5.75 Å². The number of aromatic nitrogens is 2. The molecule has 0 aliphatic heterocycles. The van der Waals surface area contributed by atoms with Crippen molar-refractivity contribution in [2.75, 3.05) is 0 Å². The maximum absolute atomic E-state index is 13.2. The molecule has 0 atom stereocenters. The van der Waals surface area contributed by atoms with E-state index in [9.17, 15) is 14.9 Å². The van der Waals surface area contributed by atoms with E-state index in [1.807, 2.05) is 44.2 Å². The third-order valence-corrected chi connectivity index (χ3v) is 6.18. The van der Waals surface area contributed by atoms with Crippen LogP contribution in [0.4, 0.5) is 5.69 Å². The lowest BCUT2D eigenvalue weighted by Gasteiger charge is -2.12. The van der Waals surface area contributed by atoms with Crippen molar-refractivity contribution in [1.82, 2.24) is 9.66 Å². The number of nitro groups is 1. The molecule has 0 aliphatic carbocycles. The number of nitrogens with zero attached hydrogens (tertiary/aromatic N) is 4. The summed E-state index contributed by atoms with van der Waals surface area (Å²) in [7, 11) is 0. The van der Waals surface area contributed by atoms with Gasteiger partial charge in [0.05, 0.1) is 22.0 Å². The highest BCUT2D eigenvalue weighted by Gasteiger charge is 2.17. The van der Waals surface area contributed by atoms with Crippen molar-refractivity contribution in [3.8, 4) is 5.75 Å². The first kappa shape index (κ1) is 24.7. The molecule has 4 rings (SSSR count). The molecule has 8 nitrogen and oxygen atoms in total. The largest absolute Gasteiger partial charge is 0.482 e. The summed E-state index contributed by atoms with van der Waals surface area (Å²) in [5.41, 5.74) is 1.40. The minimum atomic E-state index is -0.505. The molecule has 35 heavy (non-hydrogen) atoms. The van der Waals surface area contributed by atoms with Gasteiger partial charge in [-0.3, -0.25) is 14.9 Å². The molecule has 0 aliphatic rings. The monoisotopic (exact) mass is 598 g/mol. The van der Waals surface area contributed by atoms with Gasteiger partial charge in [0.2, 0.25) is 0 Å². The molecule has 10 heteroatoms. The number of benzene rings is 3. The quantitative estimate of drug-likeness (QED) is 0.139. The van der Waals surface area contributed by atoms with E-state index < -0.39 is 4.92 Å². The highest BCUT2D eigenvalue weighted by molar-refractivity contribution is 9.10. The van der Waals surface area contributed by atoms with Crippen LogP contribution in [0, 0.1) is 10.1 Å². The molecular weight excluding hydrogens is 580 g/mol. The van der Waals surface area contributed by atoms with Gasteiger partial charge in [-0.15, -0.1) is 0 Å². The summed E-state index contributed by atoms with van der Waals surface area (Å²) in [5.74, 6) is 0.564. The van der Waals surface area contributed by atoms with Crippen LogP contribution >= 0.6 is 31.9 Å². The molecule has 0 radical (unpaired) electrons. The van der Waals surface area contributed by atoms with E-state index in [0.29, 0.717) is 22.3 Å². The smallest absolute Gasteiger partial charge is 0.311 e. The number of rotatable bonds is 7. The Balaban J connectivity index is 1.67. The predicted molar refractivity (Wildman–Crippen MR) is 142 cm³/mol. The Kier molecular flexibility index (Phi) is 7.42. The van der Waals surface area contributed by atoms with Gasteiger partial charge in [0.25, 0.3) is 5.56 Å². The summed E-state index contributed by atoms with van der Waals surface area (Å²) in [5, 5.41) is 16.4. The highest BCUT2D eigenvalue weighted by atomic mass is 79.9. The van der Waals surface area contributed by atoms with Crippen LogP contribution in [0.15, 0.2) is 79.5 Å². The van der Waals surface area contributed by atoms with Crippen LogP contribution in [0.3, 0.4) is 0 Å². The lowest BCUT2D eigenvalue weighted by Crippen LogP contribution is -2.23. The normalized spacial score (nSPS) is 11.5. The van der Waals surface area contributed by atoms with Gasteiger partial charge in [-0.25, -0.2) is 4.98 Å². The zero-order valence-corrected chi connectivity index (χ0v) is 22.0. The first-order chi connectivity index (χ1) is 16.7. The van der Waals surface area contributed by atoms with Crippen LogP contribution in [0.1, 0.15) is 36.7 Å². The Bertz CT molecular complexity index is 1500. The molecule has 0 saturated carbocycles. The van der Waals surface area contributed by atoms with Gasteiger partial charge in [-0.05, 0) is 48.0 Å².